The molecule has 0 fully saturated rings. The lowest BCUT2D eigenvalue weighted by Crippen LogP contribution is -2.38. The summed E-state index contributed by atoms with van der Waals surface area (Å²) in [5, 5.41) is 21.1. The van der Waals surface area contributed by atoms with Gasteiger partial charge in [-0.1, -0.05) is 13.8 Å². The predicted octanol–water partition coefficient (Wildman–Crippen LogP) is 1.53. The second kappa shape index (κ2) is 6.00. The van der Waals surface area contributed by atoms with Crippen LogP contribution in [0, 0.1) is 22.7 Å². The van der Waals surface area contributed by atoms with Crippen LogP contribution in [-0.2, 0) is 0 Å². The molecule has 3 heteroatoms. The first kappa shape index (κ1) is 13.4. The number of nitrogens with zero attached hydrogens (tertiary/aromatic N) is 1. The number of aliphatic hydroxyl groups is 1. The van der Waals surface area contributed by atoms with Crippen molar-refractivity contribution < 1.29 is 5.11 Å². The normalized spacial score (nSPS) is 14.1. The molecule has 0 aromatic heterocycles. The summed E-state index contributed by atoms with van der Waals surface area (Å²) in [5.41, 5.74) is -0.274. The number of aliphatic hydroxyl groups excluding tert-OH is 1. The molecule has 0 bridgehead atoms. The SMILES string of the molecule is CC(C)C(CO)NCCC(C)(C)C#N. The molecule has 0 aliphatic carbocycles. The van der Waals surface area contributed by atoms with E-state index in [1.165, 1.54) is 0 Å². The molecule has 0 radical (unpaired) electrons. The van der Waals surface area contributed by atoms with Gasteiger partial charge in [0.05, 0.1) is 18.1 Å². The third-order valence-electron chi connectivity index (χ3n) is 2.46. The molecule has 0 saturated carbocycles. The molecule has 82 valence electrons. The smallest absolute Gasteiger partial charge is 0.0684 e. The van der Waals surface area contributed by atoms with E-state index < -0.39 is 0 Å². The third-order valence-corrected chi connectivity index (χ3v) is 2.46. The summed E-state index contributed by atoms with van der Waals surface area (Å²) in [4.78, 5) is 0. The molecule has 14 heavy (non-hydrogen) atoms. The first-order valence-corrected chi connectivity index (χ1v) is 5.18. The Bertz CT molecular complexity index is 194. The first-order chi connectivity index (χ1) is 6.43. The van der Waals surface area contributed by atoms with Crippen LogP contribution >= 0.6 is 0 Å². The molecule has 0 heterocycles. The largest absolute Gasteiger partial charge is 0.395 e. The van der Waals surface area contributed by atoms with Gasteiger partial charge in [-0.15, -0.1) is 0 Å². The molecule has 1 unspecified atom stereocenters. The zero-order chi connectivity index (χ0) is 11.2. The van der Waals surface area contributed by atoms with E-state index >= 15 is 0 Å². The second-order valence-electron chi connectivity index (χ2n) is 4.73. The fourth-order valence-electron chi connectivity index (χ4n) is 1.14. The maximum absolute atomic E-state index is 9.06. The molecule has 0 amide bonds. The van der Waals surface area contributed by atoms with E-state index in [9.17, 15) is 0 Å². The lowest BCUT2D eigenvalue weighted by atomic mass is 9.91. The molecule has 0 aliphatic heterocycles. The van der Waals surface area contributed by atoms with Gasteiger partial charge in [0.15, 0.2) is 0 Å². The fraction of sp³-hybridized carbons (Fsp3) is 0.909. The Morgan fingerprint density at radius 2 is 2.00 bits per heavy atom. The molecule has 0 aromatic rings. The van der Waals surface area contributed by atoms with E-state index in [2.05, 4.69) is 25.2 Å². The maximum Gasteiger partial charge on any atom is 0.0684 e. The van der Waals surface area contributed by atoms with Crippen LogP contribution in [-0.4, -0.2) is 24.3 Å². The molecule has 0 rings (SSSR count). The van der Waals surface area contributed by atoms with Gasteiger partial charge in [-0.05, 0) is 32.7 Å². The van der Waals surface area contributed by atoms with E-state index in [1.54, 1.807) is 0 Å². The number of nitriles is 1. The van der Waals surface area contributed by atoms with Crippen LogP contribution in [0.5, 0.6) is 0 Å². The molecule has 0 saturated heterocycles. The summed E-state index contributed by atoms with van der Waals surface area (Å²) in [6.07, 6.45) is 0.812. The average molecular weight is 198 g/mol. The Kier molecular flexibility index (Phi) is 5.75. The van der Waals surface area contributed by atoms with Crippen LogP contribution in [0.3, 0.4) is 0 Å². The Labute approximate surface area is 87.1 Å². The van der Waals surface area contributed by atoms with E-state index in [1.807, 2.05) is 13.8 Å². The summed E-state index contributed by atoms with van der Waals surface area (Å²) in [6.45, 7) is 8.94. The van der Waals surface area contributed by atoms with Crippen molar-refractivity contribution >= 4 is 0 Å². The highest BCUT2D eigenvalue weighted by Crippen LogP contribution is 2.17. The summed E-state index contributed by atoms with van der Waals surface area (Å²) in [7, 11) is 0. The minimum Gasteiger partial charge on any atom is -0.395 e. The maximum atomic E-state index is 9.06. The Balaban J connectivity index is 3.79. The van der Waals surface area contributed by atoms with Gasteiger partial charge < -0.3 is 10.4 Å². The Morgan fingerprint density at radius 3 is 2.36 bits per heavy atom. The molecule has 0 aliphatic rings. The van der Waals surface area contributed by atoms with Crippen molar-refractivity contribution in [3.05, 3.63) is 0 Å². The number of hydrogen-bond acceptors (Lipinski definition) is 3. The Hall–Kier alpha value is -0.590. The highest BCUT2D eigenvalue weighted by molar-refractivity contribution is 4.92. The van der Waals surface area contributed by atoms with E-state index in [0.717, 1.165) is 13.0 Å². The lowest BCUT2D eigenvalue weighted by molar-refractivity contribution is 0.207. The topological polar surface area (TPSA) is 56.0 Å². The number of nitrogens with one attached hydrogen (secondary N) is 1. The van der Waals surface area contributed by atoms with Crippen LogP contribution in [0.15, 0.2) is 0 Å². The van der Waals surface area contributed by atoms with Crippen LogP contribution < -0.4 is 5.32 Å². The summed E-state index contributed by atoms with van der Waals surface area (Å²) >= 11 is 0. The third kappa shape index (κ3) is 5.21. The predicted molar refractivity (Wildman–Crippen MR) is 57.7 cm³/mol. The van der Waals surface area contributed by atoms with Crippen LogP contribution in [0.25, 0.3) is 0 Å². The lowest BCUT2D eigenvalue weighted by Gasteiger charge is -2.22. The first-order valence-electron chi connectivity index (χ1n) is 5.18. The van der Waals surface area contributed by atoms with Crippen molar-refractivity contribution in [2.45, 2.75) is 40.2 Å². The zero-order valence-electron chi connectivity index (χ0n) is 9.67. The molecule has 2 N–H and O–H groups in total. The minimum absolute atomic E-state index is 0.143. The van der Waals surface area contributed by atoms with Crippen molar-refractivity contribution in [3.63, 3.8) is 0 Å². The molecular weight excluding hydrogens is 176 g/mol. The summed E-state index contributed by atoms with van der Waals surface area (Å²) in [6, 6.07) is 2.40. The van der Waals surface area contributed by atoms with Crippen LogP contribution in [0.2, 0.25) is 0 Å². The van der Waals surface area contributed by atoms with Gasteiger partial charge in [0.25, 0.3) is 0 Å². The molecule has 3 nitrogen and oxygen atoms in total. The van der Waals surface area contributed by atoms with Gasteiger partial charge in [-0.25, -0.2) is 0 Å². The summed E-state index contributed by atoms with van der Waals surface area (Å²) < 4.78 is 0. The molecule has 0 aromatic carbocycles. The monoisotopic (exact) mass is 198 g/mol. The quantitative estimate of drug-likeness (QED) is 0.680. The van der Waals surface area contributed by atoms with Gasteiger partial charge >= 0.3 is 0 Å². The van der Waals surface area contributed by atoms with E-state index in [0.29, 0.717) is 5.92 Å². The van der Waals surface area contributed by atoms with E-state index in [-0.39, 0.29) is 18.1 Å². The average Bonchev–Trinajstić information content (AvgIpc) is 2.12. The number of hydrogen-bond donors (Lipinski definition) is 2. The van der Waals surface area contributed by atoms with Crippen LogP contribution in [0.4, 0.5) is 0 Å². The molecule has 1 atom stereocenters. The van der Waals surface area contributed by atoms with Gasteiger partial charge in [-0.2, -0.15) is 5.26 Å². The second-order valence-corrected chi connectivity index (χ2v) is 4.73. The fourth-order valence-corrected chi connectivity index (χ4v) is 1.14. The highest BCUT2D eigenvalue weighted by atomic mass is 16.3. The van der Waals surface area contributed by atoms with Gasteiger partial charge in [-0.3, -0.25) is 0 Å². The van der Waals surface area contributed by atoms with Crippen molar-refractivity contribution in [2.24, 2.45) is 11.3 Å². The van der Waals surface area contributed by atoms with Crippen molar-refractivity contribution in [1.82, 2.24) is 5.32 Å². The van der Waals surface area contributed by atoms with Gasteiger partial charge in [0.1, 0.15) is 0 Å². The highest BCUT2D eigenvalue weighted by Gasteiger charge is 2.17. The number of rotatable bonds is 6. The van der Waals surface area contributed by atoms with Gasteiger partial charge in [0.2, 0.25) is 0 Å². The van der Waals surface area contributed by atoms with Gasteiger partial charge in [0, 0.05) is 6.04 Å². The molecular formula is C11H22N2O. The summed E-state index contributed by atoms with van der Waals surface area (Å²) in [5.74, 6) is 0.421. The van der Waals surface area contributed by atoms with Crippen molar-refractivity contribution in [2.75, 3.05) is 13.2 Å². The van der Waals surface area contributed by atoms with E-state index in [4.69, 9.17) is 10.4 Å². The Morgan fingerprint density at radius 1 is 1.43 bits per heavy atom. The van der Waals surface area contributed by atoms with Crippen LogP contribution in [0.1, 0.15) is 34.1 Å². The zero-order valence-corrected chi connectivity index (χ0v) is 9.67. The minimum atomic E-state index is -0.274. The van der Waals surface area contributed by atoms with Crippen molar-refractivity contribution in [1.29, 1.82) is 5.26 Å². The standard InChI is InChI=1S/C11H22N2O/c1-9(2)10(7-14)13-6-5-11(3,4)8-12/h9-10,13-14H,5-7H2,1-4H3. The molecule has 0 spiro atoms. The van der Waals surface area contributed by atoms with Crippen molar-refractivity contribution in [3.8, 4) is 6.07 Å².